The molecule has 2 aromatic rings. The Kier molecular flexibility index (Phi) is 5.46. The van der Waals surface area contributed by atoms with Crippen LogP contribution in [0.1, 0.15) is 35.1 Å². The molecule has 0 saturated carbocycles. The first-order chi connectivity index (χ1) is 15.1. The number of nitrogens with one attached hydrogen (secondary N) is 1. The van der Waals surface area contributed by atoms with Gasteiger partial charge in [0.2, 0.25) is 5.91 Å². The predicted molar refractivity (Wildman–Crippen MR) is 122 cm³/mol. The summed E-state index contributed by atoms with van der Waals surface area (Å²) in [6, 6.07) is 8.23. The molecule has 2 N–H and O–H groups in total. The molecule has 1 aromatic carbocycles. The molecule has 162 valence electrons. The van der Waals surface area contributed by atoms with E-state index in [4.69, 9.17) is 0 Å². The molecule has 0 spiro atoms. The van der Waals surface area contributed by atoms with Gasteiger partial charge in [-0.15, -0.1) is 0 Å². The highest BCUT2D eigenvalue weighted by Crippen LogP contribution is 2.35. The number of aryl methyl sites for hydroxylation is 1. The maximum Gasteiger partial charge on any atom is 0.233 e. The number of piperazine rings is 1. The Morgan fingerprint density at radius 3 is 2.84 bits per heavy atom. The first kappa shape index (κ1) is 20.2. The zero-order valence-electron chi connectivity index (χ0n) is 18.0. The van der Waals surface area contributed by atoms with Crippen LogP contribution in [0.25, 0.3) is 0 Å². The van der Waals surface area contributed by atoms with Gasteiger partial charge in [-0.25, -0.2) is 4.98 Å². The number of benzene rings is 1. The van der Waals surface area contributed by atoms with Crippen LogP contribution in [0.2, 0.25) is 0 Å². The van der Waals surface area contributed by atoms with Crippen molar-refractivity contribution in [1.82, 2.24) is 9.88 Å². The number of aliphatic hydroxyl groups excluding tert-OH is 1. The molecule has 1 amide bonds. The molecule has 5 rings (SSSR count). The minimum absolute atomic E-state index is 0.0336. The summed E-state index contributed by atoms with van der Waals surface area (Å²) in [6.45, 7) is 7.37. The molecule has 3 aliphatic rings. The molecule has 7 heteroatoms. The highest BCUT2D eigenvalue weighted by molar-refractivity contribution is 6.23. The van der Waals surface area contributed by atoms with Crippen molar-refractivity contribution >= 4 is 23.1 Å². The summed E-state index contributed by atoms with van der Waals surface area (Å²) in [7, 11) is 0. The van der Waals surface area contributed by atoms with Gasteiger partial charge in [0, 0.05) is 51.0 Å². The second-order valence-corrected chi connectivity index (χ2v) is 8.69. The van der Waals surface area contributed by atoms with Crippen molar-refractivity contribution in [2.24, 2.45) is 10.9 Å². The largest absolute Gasteiger partial charge is 0.392 e. The van der Waals surface area contributed by atoms with E-state index < -0.39 is 0 Å². The molecular weight excluding hydrogens is 390 g/mol. The number of amides is 1. The van der Waals surface area contributed by atoms with Crippen molar-refractivity contribution in [3.05, 3.63) is 52.7 Å². The molecule has 1 atom stereocenters. The molecule has 1 unspecified atom stereocenters. The quantitative estimate of drug-likeness (QED) is 0.795. The lowest BCUT2D eigenvalue weighted by Gasteiger charge is -2.36. The zero-order valence-corrected chi connectivity index (χ0v) is 18.0. The molecule has 1 aromatic heterocycles. The number of aliphatic hydroxyl groups is 1. The van der Waals surface area contributed by atoms with Crippen molar-refractivity contribution in [2.75, 3.05) is 42.9 Å². The van der Waals surface area contributed by atoms with Gasteiger partial charge < -0.3 is 15.3 Å². The van der Waals surface area contributed by atoms with Crippen molar-refractivity contribution in [1.29, 1.82) is 0 Å². The predicted octanol–water partition coefficient (Wildman–Crippen LogP) is 2.36. The Morgan fingerprint density at radius 1 is 1.23 bits per heavy atom. The van der Waals surface area contributed by atoms with E-state index in [-0.39, 0.29) is 18.4 Å². The number of carbonyl (C=O) groups is 1. The van der Waals surface area contributed by atoms with E-state index in [1.54, 1.807) is 0 Å². The van der Waals surface area contributed by atoms with E-state index in [2.05, 4.69) is 50.2 Å². The minimum atomic E-state index is -0.180. The van der Waals surface area contributed by atoms with Gasteiger partial charge in [-0.05, 0) is 48.6 Å². The Hall–Kier alpha value is -2.77. The van der Waals surface area contributed by atoms with Crippen molar-refractivity contribution in [3.8, 4) is 0 Å². The van der Waals surface area contributed by atoms with Crippen molar-refractivity contribution in [3.63, 3.8) is 0 Å². The van der Waals surface area contributed by atoms with E-state index in [1.165, 1.54) is 5.56 Å². The molecule has 1 fully saturated rings. The van der Waals surface area contributed by atoms with Gasteiger partial charge in [0.1, 0.15) is 5.82 Å². The van der Waals surface area contributed by atoms with E-state index in [9.17, 15) is 9.90 Å². The zero-order chi connectivity index (χ0) is 21.4. The van der Waals surface area contributed by atoms with Crippen molar-refractivity contribution in [2.45, 2.75) is 32.9 Å². The topological polar surface area (TPSA) is 81.1 Å². The van der Waals surface area contributed by atoms with Crippen molar-refractivity contribution < 1.29 is 9.90 Å². The first-order valence-electron chi connectivity index (χ1n) is 11.1. The number of anilines is 2. The SMILES string of the molecule is Cc1cccnc1N1CCN(Cc2cc(CO)c3c(c2)NC(=O)C2CCCN=C32)CC1. The molecule has 4 heterocycles. The number of hydrogen-bond acceptors (Lipinski definition) is 6. The Bertz CT molecular complexity index is 1030. The number of nitrogens with zero attached hydrogens (tertiary/aromatic N) is 4. The molecular formula is C24H29N5O2. The van der Waals surface area contributed by atoms with Crippen LogP contribution in [0.4, 0.5) is 11.5 Å². The summed E-state index contributed by atoms with van der Waals surface area (Å²) < 4.78 is 0. The molecule has 0 bridgehead atoms. The highest BCUT2D eigenvalue weighted by Gasteiger charge is 2.35. The Labute approximate surface area is 182 Å². The lowest BCUT2D eigenvalue weighted by molar-refractivity contribution is -0.118. The molecule has 0 aliphatic carbocycles. The Morgan fingerprint density at radius 2 is 2.06 bits per heavy atom. The van der Waals surface area contributed by atoms with Crippen LogP contribution in [-0.4, -0.2) is 59.3 Å². The number of fused-ring (bicyclic) bond motifs is 3. The third-order valence-electron chi connectivity index (χ3n) is 6.60. The van der Waals surface area contributed by atoms with Gasteiger partial charge in [0.15, 0.2) is 0 Å². The molecule has 7 nitrogen and oxygen atoms in total. The summed E-state index contributed by atoms with van der Waals surface area (Å²) >= 11 is 0. The number of pyridine rings is 1. The summed E-state index contributed by atoms with van der Waals surface area (Å²) in [5.74, 6) is 0.927. The van der Waals surface area contributed by atoms with Crippen LogP contribution in [0, 0.1) is 12.8 Å². The van der Waals surface area contributed by atoms with E-state index >= 15 is 0 Å². The number of rotatable bonds is 4. The molecule has 31 heavy (non-hydrogen) atoms. The first-order valence-corrected chi connectivity index (χ1v) is 11.1. The van der Waals surface area contributed by atoms with Crippen LogP contribution in [0.5, 0.6) is 0 Å². The van der Waals surface area contributed by atoms with Gasteiger partial charge >= 0.3 is 0 Å². The lowest BCUT2D eigenvalue weighted by atomic mass is 9.83. The summed E-state index contributed by atoms with van der Waals surface area (Å²) in [6.07, 6.45) is 3.62. The third-order valence-corrected chi connectivity index (χ3v) is 6.60. The molecule has 0 radical (unpaired) electrons. The number of aromatic nitrogens is 1. The van der Waals surface area contributed by atoms with Crippen LogP contribution < -0.4 is 10.2 Å². The van der Waals surface area contributed by atoms with E-state index in [0.717, 1.165) is 86.0 Å². The monoisotopic (exact) mass is 419 g/mol. The molecule has 3 aliphatic heterocycles. The van der Waals surface area contributed by atoms with Crippen LogP contribution in [-0.2, 0) is 17.9 Å². The van der Waals surface area contributed by atoms with Crippen LogP contribution >= 0.6 is 0 Å². The lowest BCUT2D eigenvalue weighted by Crippen LogP contribution is -2.46. The number of carbonyl (C=O) groups excluding carboxylic acids is 1. The van der Waals surface area contributed by atoms with Gasteiger partial charge in [-0.2, -0.15) is 0 Å². The van der Waals surface area contributed by atoms with Gasteiger partial charge in [-0.1, -0.05) is 12.1 Å². The standard InChI is InChI=1S/C24H29N5O2/c1-16-4-2-7-26-23(16)29-10-8-28(9-11-29)14-17-12-18(15-30)21-20(13-17)27-24(31)19-5-3-6-25-22(19)21/h2,4,7,12-13,19,30H,3,5-6,8-11,14-15H2,1H3,(H,27,31). The third kappa shape index (κ3) is 3.83. The molecule has 1 saturated heterocycles. The average Bonchev–Trinajstić information content (AvgIpc) is 2.79. The van der Waals surface area contributed by atoms with Gasteiger partial charge in [0.05, 0.1) is 23.9 Å². The second kappa shape index (κ2) is 8.40. The normalized spacial score (nSPS) is 21.2. The highest BCUT2D eigenvalue weighted by atomic mass is 16.3. The minimum Gasteiger partial charge on any atom is -0.392 e. The number of hydrogen-bond donors (Lipinski definition) is 2. The van der Waals surface area contributed by atoms with Crippen LogP contribution in [0.15, 0.2) is 35.5 Å². The fraction of sp³-hybridized carbons (Fsp3) is 0.458. The maximum absolute atomic E-state index is 12.6. The summed E-state index contributed by atoms with van der Waals surface area (Å²) in [4.78, 5) is 26.6. The van der Waals surface area contributed by atoms with Crippen LogP contribution in [0.3, 0.4) is 0 Å². The second-order valence-electron chi connectivity index (χ2n) is 8.69. The summed E-state index contributed by atoms with van der Waals surface area (Å²) in [5, 5.41) is 13.2. The fourth-order valence-electron chi connectivity index (χ4n) is 5.04. The van der Waals surface area contributed by atoms with Gasteiger partial charge in [-0.3, -0.25) is 14.7 Å². The average molecular weight is 420 g/mol. The van der Waals surface area contributed by atoms with E-state index in [0.29, 0.717) is 0 Å². The van der Waals surface area contributed by atoms with E-state index in [1.807, 2.05) is 12.3 Å². The smallest absolute Gasteiger partial charge is 0.233 e. The van der Waals surface area contributed by atoms with Gasteiger partial charge in [0.25, 0.3) is 0 Å². The number of aliphatic imine (C=N–C) groups is 1. The maximum atomic E-state index is 12.6. The Balaban J connectivity index is 1.33. The fourth-order valence-corrected chi connectivity index (χ4v) is 5.04. The summed E-state index contributed by atoms with van der Waals surface area (Å²) in [5.41, 5.74) is 5.77.